The fourth-order valence-corrected chi connectivity index (χ4v) is 8.27. The van der Waals surface area contributed by atoms with E-state index in [-0.39, 0.29) is 17.0 Å². The number of ether oxygens (including phenoxy) is 3. The fourth-order valence-electron chi connectivity index (χ4n) is 4.78. The molecule has 1 saturated heterocycles. The molecule has 2 fully saturated rings. The number of benzene rings is 2. The third-order valence-electron chi connectivity index (χ3n) is 6.39. The molecule has 0 amide bonds. The quantitative estimate of drug-likeness (QED) is 0.515. The zero-order chi connectivity index (χ0) is 23.1. The first kappa shape index (κ1) is 24.6. The monoisotopic (exact) mass is 488 g/mol. The second kappa shape index (κ2) is 11.8. The number of hydrogen-bond donors (Lipinski definition) is 1. The van der Waals surface area contributed by atoms with Gasteiger partial charge >= 0.3 is 5.97 Å². The predicted octanol–water partition coefficient (Wildman–Crippen LogP) is 4.67. The first-order valence-electron chi connectivity index (χ1n) is 11.4. The summed E-state index contributed by atoms with van der Waals surface area (Å²) in [6, 6.07) is 19.9. The van der Waals surface area contributed by atoms with Crippen LogP contribution >= 0.6 is 23.5 Å². The lowest BCUT2D eigenvalue weighted by molar-refractivity contribution is -0.151. The molecule has 2 aromatic carbocycles. The summed E-state index contributed by atoms with van der Waals surface area (Å²) < 4.78 is 18.1. The van der Waals surface area contributed by atoms with Gasteiger partial charge in [0.25, 0.3) is 0 Å². The highest BCUT2D eigenvalue weighted by Gasteiger charge is 2.60. The minimum absolute atomic E-state index is 0.131. The molecule has 1 aliphatic heterocycles. The van der Waals surface area contributed by atoms with E-state index in [0.29, 0.717) is 19.6 Å². The van der Waals surface area contributed by atoms with Crippen molar-refractivity contribution in [1.29, 1.82) is 0 Å². The van der Waals surface area contributed by atoms with Gasteiger partial charge in [0.1, 0.15) is 6.10 Å². The maximum absolute atomic E-state index is 12.6. The van der Waals surface area contributed by atoms with Crippen molar-refractivity contribution in [2.75, 3.05) is 18.6 Å². The molecule has 4 rings (SSSR count). The van der Waals surface area contributed by atoms with E-state index in [0.717, 1.165) is 29.1 Å². The number of methoxy groups -OCH3 is 1. The van der Waals surface area contributed by atoms with Crippen LogP contribution in [0.4, 0.5) is 0 Å². The summed E-state index contributed by atoms with van der Waals surface area (Å²) in [5.41, 5.74) is 1.52. The molecule has 0 unspecified atom stereocenters. The largest absolute Gasteiger partial charge is 0.469 e. The smallest absolute Gasteiger partial charge is 0.306 e. The third kappa shape index (κ3) is 5.95. The molecule has 5 nitrogen and oxygen atoms in total. The number of esters is 1. The van der Waals surface area contributed by atoms with E-state index < -0.39 is 23.7 Å². The SMILES string of the molecule is COC(=O)C[C@]1(C2SCCCS2)C[C@@H](O)[C@@H](OCc2ccccc2)[C@@H]1OCc1ccccc1. The van der Waals surface area contributed by atoms with Crippen molar-refractivity contribution in [3.8, 4) is 0 Å². The van der Waals surface area contributed by atoms with Crippen molar-refractivity contribution in [3.05, 3.63) is 71.8 Å². The summed E-state index contributed by atoms with van der Waals surface area (Å²) in [5.74, 6) is 1.81. The summed E-state index contributed by atoms with van der Waals surface area (Å²) in [7, 11) is 1.42. The number of rotatable bonds is 9. The number of carbonyl (C=O) groups excluding carboxylic acids is 1. The topological polar surface area (TPSA) is 65.0 Å². The van der Waals surface area contributed by atoms with Gasteiger partial charge in [-0.2, -0.15) is 0 Å². The molecule has 0 bridgehead atoms. The molecule has 1 aliphatic carbocycles. The molecular weight excluding hydrogens is 456 g/mol. The number of thioether (sulfide) groups is 2. The zero-order valence-electron chi connectivity index (χ0n) is 18.9. The Balaban J connectivity index is 1.62. The van der Waals surface area contributed by atoms with Gasteiger partial charge < -0.3 is 19.3 Å². The van der Waals surface area contributed by atoms with Crippen molar-refractivity contribution in [1.82, 2.24) is 0 Å². The van der Waals surface area contributed by atoms with Crippen LogP contribution in [0.1, 0.15) is 30.4 Å². The van der Waals surface area contributed by atoms with E-state index in [9.17, 15) is 9.90 Å². The van der Waals surface area contributed by atoms with E-state index in [1.807, 2.05) is 84.2 Å². The van der Waals surface area contributed by atoms with Crippen molar-refractivity contribution in [2.24, 2.45) is 5.41 Å². The maximum atomic E-state index is 12.6. The summed E-state index contributed by atoms with van der Waals surface area (Å²) in [4.78, 5) is 12.6. The van der Waals surface area contributed by atoms with Gasteiger partial charge in [-0.1, -0.05) is 60.7 Å². The van der Waals surface area contributed by atoms with Gasteiger partial charge in [0.15, 0.2) is 0 Å². The Hall–Kier alpha value is -1.51. The van der Waals surface area contributed by atoms with Gasteiger partial charge in [0.2, 0.25) is 0 Å². The van der Waals surface area contributed by atoms with Crippen molar-refractivity contribution in [2.45, 2.75) is 55.4 Å². The van der Waals surface area contributed by atoms with Crippen LogP contribution in [0.5, 0.6) is 0 Å². The van der Waals surface area contributed by atoms with Gasteiger partial charge in [0, 0.05) is 5.41 Å². The Kier molecular flexibility index (Phi) is 8.77. The van der Waals surface area contributed by atoms with Gasteiger partial charge in [-0.05, 0) is 35.5 Å². The molecule has 1 saturated carbocycles. The summed E-state index contributed by atoms with van der Waals surface area (Å²) in [6.45, 7) is 0.779. The average molecular weight is 489 g/mol. The van der Waals surface area contributed by atoms with Gasteiger partial charge in [-0.25, -0.2) is 0 Å². The van der Waals surface area contributed by atoms with E-state index in [4.69, 9.17) is 14.2 Å². The Morgan fingerprint density at radius 1 is 0.970 bits per heavy atom. The van der Waals surface area contributed by atoms with E-state index in [1.165, 1.54) is 7.11 Å². The van der Waals surface area contributed by atoms with Crippen LogP contribution in [-0.4, -0.2) is 52.6 Å². The maximum Gasteiger partial charge on any atom is 0.306 e. The highest BCUT2D eigenvalue weighted by atomic mass is 32.2. The van der Waals surface area contributed by atoms with Gasteiger partial charge in [0.05, 0.1) is 43.5 Å². The molecule has 4 atom stereocenters. The van der Waals surface area contributed by atoms with E-state index in [1.54, 1.807) is 0 Å². The first-order chi connectivity index (χ1) is 16.1. The number of aliphatic hydroxyl groups is 1. The van der Waals surface area contributed by atoms with Gasteiger partial charge in [-0.3, -0.25) is 4.79 Å². The van der Waals surface area contributed by atoms with Crippen molar-refractivity contribution in [3.63, 3.8) is 0 Å². The molecule has 0 aromatic heterocycles. The van der Waals surface area contributed by atoms with Crippen LogP contribution in [0.25, 0.3) is 0 Å². The van der Waals surface area contributed by atoms with Crippen LogP contribution in [0.3, 0.4) is 0 Å². The van der Waals surface area contributed by atoms with Crippen molar-refractivity contribution >= 4 is 29.5 Å². The van der Waals surface area contributed by atoms with Crippen LogP contribution in [0.15, 0.2) is 60.7 Å². The third-order valence-corrected chi connectivity index (χ3v) is 9.80. The molecule has 2 aliphatic rings. The Bertz CT molecular complexity index is 875. The molecular formula is C26H32O5S2. The standard InChI is InChI=1S/C26H32O5S2/c1-29-22(28)16-26(25-32-13-8-14-33-25)15-21(27)23(30-17-19-9-4-2-5-10-19)24(26)31-18-20-11-6-3-7-12-20/h2-7,9-12,21,23-25,27H,8,13-18H2,1H3/t21-,23-,24+,26-/m1/s1. The molecule has 1 heterocycles. The van der Waals surface area contributed by atoms with E-state index in [2.05, 4.69) is 0 Å². The predicted molar refractivity (Wildman–Crippen MR) is 133 cm³/mol. The summed E-state index contributed by atoms with van der Waals surface area (Å²) in [5, 5.41) is 11.2. The molecule has 0 radical (unpaired) electrons. The van der Waals surface area contributed by atoms with Crippen molar-refractivity contribution < 1.29 is 24.1 Å². The first-order valence-corrected chi connectivity index (χ1v) is 13.5. The van der Waals surface area contributed by atoms with Crippen LogP contribution in [0.2, 0.25) is 0 Å². The minimum Gasteiger partial charge on any atom is -0.469 e. The van der Waals surface area contributed by atoms with Crippen LogP contribution in [-0.2, 0) is 32.2 Å². The van der Waals surface area contributed by atoms with E-state index >= 15 is 0 Å². The Morgan fingerprint density at radius 3 is 2.12 bits per heavy atom. The molecule has 178 valence electrons. The second-order valence-corrected chi connectivity index (χ2v) is 11.4. The second-order valence-electron chi connectivity index (χ2n) is 8.66. The molecule has 33 heavy (non-hydrogen) atoms. The normalized spacial score (nSPS) is 28.0. The highest BCUT2D eigenvalue weighted by Crippen LogP contribution is 2.56. The fraction of sp³-hybridized carbons (Fsp3) is 0.500. The molecule has 0 spiro atoms. The highest BCUT2D eigenvalue weighted by molar-refractivity contribution is 8.17. The number of hydrogen-bond acceptors (Lipinski definition) is 7. The van der Waals surface area contributed by atoms with Crippen LogP contribution in [0, 0.1) is 5.41 Å². The molecule has 1 N–H and O–H groups in total. The average Bonchev–Trinajstić information content (AvgIpc) is 3.13. The zero-order valence-corrected chi connectivity index (χ0v) is 20.6. The molecule has 7 heteroatoms. The lowest BCUT2D eigenvalue weighted by Crippen LogP contribution is -2.47. The lowest BCUT2D eigenvalue weighted by Gasteiger charge is -2.43. The van der Waals surface area contributed by atoms with Gasteiger partial charge in [-0.15, -0.1) is 23.5 Å². The molecule has 2 aromatic rings. The van der Waals surface area contributed by atoms with Crippen LogP contribution < -0.4 is 0 Å². The number of aliphatic hydroxyl groups excluding tert-OH is 1. The lowest BCUT2D eigenvalue weighted by atomic mass is 9.81. The Labute approximate surface area is 204 Å². The summed E-state index contributed by atoms with van der Waals surface area (Å²) in [6.07, 6.45) is 0.121. The number of carbonyl (C=O) groups is 1. The Morgan fingerprint density at radius 2 is 1.55 bits per heavy atom. The minimum atomic E-state index is -0.720. The summed E-state index contributed by atoms with van der Waals surface area (Å²) >= 11 is 3.73.